The van der Waals surface area contributed by atoms with Crippen LogP contribution in [0.3, 0.4) is 0 Å². The van der Waals surface area contributed by atoms with Gasteiger partial charge in [-0.25, -0.2) is 0 Å². The standard InChI is InChI=1S/C29H25N3O2/c1-20-7-12-23(13-8-20)32-27-6-4-3-5-25(27)26-17-22(30-19-28(26)32)18-31-29(33)16-11-21-9-14-24(34-2)15-10-21/h3-17,19H,18H2,1-2H3,(H,31,33)/b16-11+. The third kappa shape index (κ3) is 4.28. The molecule has 0 aliphatic rings. The number of nitrogens with one attached hydrogen (secondary N) is 1. The van der Waals surface area contributed by atoms with Gasteiger partial charge in [0, 0.05) is 22.5 Å². The Kier molecular flexibility index (Phi) is 5.83. The molecule has 0 unspecified atom stereocenters. The van der Waals surface area contributed by atoms with Gasteiger partial charge in [0.05, 0.1) is 36.6 Å². The summed E-state index contributed by atoms with van der Waals surface area (Å²) in [7, 11) is 1.63. The number of aromatic nitrogens is 2. The first-order valence-corrected chi connectivity index (χ1v) is 11.2. The van der Waals surface area contributed by atoms with E-state index >= 15 is 0 Å². The second-order valence-corrected chi connectivity index (χ2v) is 8.21. The van der Waals surface area contributed by atoms with E-state index in [1.165, 1.54) is 11.6 Å². The Bertz CT molecular complexity index is 1500. The molecule has 0 radical (unpaired) electrons. The molecule has 168 valence electrons. The van der Waals surface area contributed by atoms with Crippen LogP contribution in [0.1, 0.15) is 16.8 Å². The van der Waals surface area contributed by atoms with Gasteiger partial charge in [-0.1, -0.05) is 48.0 Å². The molecule has 0 bridgehead atoms. The molecule has 2 aromatic heterocycles. The SMILES string of the molecule is COc1ccc(/C=C/C(=O)NCc2cc3c4ccccc4n(-c4ccc(C)cc4)c3cn2)cc1. The fourth-order valence-electron chi connectivity index (χ4n) is 4.10. The van der Waals surface area contributed by atoms with Gasteiger partial charge < -0.3 is 14.6 Å². The normalized spacial score (nSPS) is 11.4. The number of carbonyl (C=O) groups is 1. The largest absolute Gasteiger partial charge is 0.497 e. The van der Waals surface area contributed by atoms with E-state index in [9.17, 15) is 4.79 Å². The summed E-state index contributed by atoms with van der Waals surface area (Å²) in [5, 5.41) is 5.20. The van der Waals surface area contributed by atoms with Gasteiger partial charge in [-0.05, 0) is 55.0 Å². The van der Waals surface area contributed by atoms with Crippen LogP contribution in [0.2, 0.25) is 0 Å². The molecule has 2 heterocycles. The van der Waals surface area contributed by atoms with Gasteiger partial charge in [-0.3, -0.25) is 9.78 Å². The molecule has 0 atom stereocenters. The zero-order valence-electron chi connectivity index (χ0n) is 19.2. The second-order valence-electron chi connectivity index (χ2n) is 8.21. The van der Waals surface area contributed by atoms with Crippen molar-refractivity contribution in [3.63, 3.8) is 0 Å². The number of ether oxygens (including phenoxy) is 1. The quantitative estimate of drug-likeness (QED) is 0.334. The van der Waals surface area contributed by atoms with Gasteiger partial charge in [0.1, 0.15) is 5.75 Å². The van der Waals surface area contributed by atoms with Gasteiger partial charge in [-0.2, -0.15) is 0 Å². The Morgan fingerprint density at radius 3 is 2.50 bits per heavy atom. The van der Waals surface area contributed by atoms with Crippen molar-refractivity contribution in [2.24, 2.45) is 0 Å². The molecule has 34 heavy (non-hydrogen) atoms. The number of hydrogen-bond donors (Lipinski definition) is 1. The van der Waals surface area contributed by atoms with Crippen molar-refractivity contribution in [3.05, 3.63) is 108 Å². The maximum absolute atomic E-state index is 12.4. The molecule has 5 rings (SSSR count). The first-order valence-electron chi connectivity index (χ1n) is 11.2. The zero-order valence-corrected chi connectivity index (χ0v) is 19.2. The average molecular weight is 448 g/mol. The number of amides is 1. The van der Waals surface area contributed by atoms with Crippen LogP contribution in [0.4, 0.5) is 0 Å². The highest BCUT2D eigenvalue weighted by Gasteiger charge is 2.13. The van der Waals surface area contributed by atoms with E-state index < -0.39 is 0 Å². The van der Waals surface area contributed by atoms with E-state index in [0.29, 0.717) is 6.54 Å². The predicted octanol–water partition coefficient (Wildman–Crippen LogP) is 5.83. The summed E-state index contributed by atoms with van der Waals surface area (Å²) in [5.74, 6) is 0.617. The topological polar surface area (TPSA) is 56.1 Å². The molecule has 0 saturated heterocycles. The number of benzene rings is 3. The van der Waals surface area contributed by atoms with E-state index in [1.54, 1.807) is 13.2 Å². The lowest BCUT2D eigenvalue weighted by Gasteiger charge is -2.08. The molecule has 1 N–H and O–H groups in total. The Labute approximate surface area is 198 Å². The number of carbonyl (C=O) groups excluding carboxylic acids is 1. The van der Waals surface area contributed by atoms with Crippen molar-refractivity contribution in [2.45, 2.75) is 13.5 Å². The summed E-state index contributed by atoms with van der Waals surface area (Å²) in [6.07, 6.45) is 5.20. The molecule has 0 aliphatic heterocycles. The van der Waals surface area contributed by atoms with E-state index in [-0.39, 0.29) is 5.91 Å². The molecular formula is C29H25N3O2. The lowest BCUT2D eigenvalue weighted by Crippen LogP contribution is -2.20. The Morgan fingerprint density at radius 2 is 1.74 bits per heavy atom. The van der Waals surface area contributed by atoms with Crippen LogP contribution < -0.4 is 10.1 Å². The number of fused-ring (bicyclic) bond motifs is 3. The zero-order chi connectivity index (χ0) is 23.5. The van der Waals surface area contributed by atoms with Crippen LogP contribution >= 0.6 is 0 Å². The summed E-state index contributed by atoms with van der Waals surface area (Å²) in [6.45, 7) is 2.44. The minimum Gasteiger partial charge on any atom is -0.497 e. The van der Waals surface area contributed by atoms with Gasteiger partial charge >= 0.3 is 0 Å². The van der Waals surface area contributed by atoms with E-state index in [0.717, 1.165) is 44.5 Å². The highest BCUT2D eigenvalue weighted by molar-refractivity contribution is 6.09. The van der Waals surface area contributed by atoms with Crippen LogP contribution in [-0.2, 0) is 11.3 Å². The molecule has 0 fully saturated rings. The van der Waals surface area contributed by atoms with Crippen LogP contribution in [-0.4, -0.2) is 22.6 Å². The molecule has 0 saturated carbocycles. The van der Waals surface area contributed by atoms with E-state index in [2.05, 4.69) is 70.3 Å². The lowest BCUT2D eigenvalue weighted by atomic mass is 10.1. The number of pyridine rings is 1. The van der Waals surface area contributed by atoms with Gasteiger partial charge in [-0.15, -0.1) is 0 Å². The summed E-state index contributed by atoms with van der Waals surface area (Å²) in [4.78, 5) is 17.0. The first kappa shape index (κ1) is 21.5. The molecule has 5 heteroatoms. The third-order valence-electron chi connectivity index (χ3n) is 5.89. The predicted molar refractivity (Wildman–Crippen MR) is 137 cm³/mol. The summed E-state index contributed by atoms with van der Waals surface area (Å²) in [5.41, 5.74) is 6.24. The number of aryl methyl sites for hydroxylation is 1. The Balaban J connectivity index is 1.39. The van der Waals surface area contributed by atoms with Crippen LogP contribution in [0.25, 0.3) is 33.6 Å². The number of methoxy groups -OCH3 is 1. The van der Waals surface area contributed by atoms with Crippen molar-refractivity contribution >= 4 is 33.8 Å². The summed E-state index contributed by atoms with van der Waals surface area (Å²) in [6, 6.07) is 26.5. The fourth-order valence-corrected chi connectivity index (χ4v) is 4.10. The number of rotatable bonds is 6. The third-order valence-corrected chi connectivity index (χ3v) is 5.89. The minimum absolute atomic E-state index is 0.167. The number of hydrogen-bond acceptors (Lipinski definition) is 3. The maximum atomic E-state index is 12.4. The summed E-state index contributed by atoms with van der Waals surface area (Å²) >= 11 is 0. The van der Waals surface area contributed by atoms with Crippen molar-refractivity contribution < 1.29 is 9.53 Å². The highest BCUT2D eigenvalue weighted by Crippen LogP contribution is 2.32. The Morgan fingerprint density at radius 1 is 0.971 bits per heavy atom. The van der Waals surface area contributed by atoms with Crippen molar-refractivity contribution in [1.82, 2.24) is 14.9 Å². The van der Waals surface area contributed by atoms with Crippen molar-refractivity contribution in [1.29, 1.82) is 0 Å². The van der Waals surface area contributed by atoms with E-state index in [1.807, 2.05) is 36.5 Å². The Hall–Kier alpha value is -4.38. The van der Waals surface area contributed by atoms with Crippen LogP contribution in [0.5, 0.6) is 5.75 Å². The maximum Gasteiger partial charge on any atom is 0.244 e. The summed E-state index contributed by atoms with van der Waals surface area (Å²) < 4.78 is 7.39. The number of nitrogens with zero attached hydrogens (tertiary/aromatic N) is 2. The van der Waals surface area contributed by atoms with Gasteiger partial charge in [0.15, 0.2) is 0 Å². The van der Waals surface area contributed by atoms with Gasteiger partial charge in [0.25, 0.3) is 0 Å². The average Bonchev–Trinajstić information content (AvgIpc) is 3.21. The molecule has 0 aliphatic carbocycles. The fraction of sp³-hybridized carbons (Fsp3) is 0.103. The molecule has 3 aromatic carbocycles. The van der Waals surface area contributed by atoms with E-state index in [4.69, 9.17) is 4.74 Å². The monoisotopic (exact) mass is 447 g/mol. The minimum atomic E-state index is -0.167. The van der Waals surface area contributed by atoms with Gasteiger partial charge in [0.2, 0.25) is 5.91 Å². The lowest BCUT2D eigenvalue weighted by molar-refractivity contribution is -0.116. The van der Waals surface area contributed by atoms with Crippen molar-refractivity contribution in [2.75, 3.05) is 7.11 Å². The highest BCUT2D eigenvalue weighted by atomic mass is 16.5. The molecule has 0 spiro atoms. The number of para-hydroxylation sites is 1. The van der Waals surface area contributed by atoms with Crippen LogP contribution in [0.15, 0.2) is 91.1 Å². The van der Waals surface area contributed by atoms with Crippen LogP contribution in [0, 0.1) is 6.92 Å². The smallest absolute Gasteiger partial charge is 0.244 e. The molecule has 5 aromatic rings. The molecule has 1 amide bonds. The second kappa shape index (κ2) is 9.24. The molecular weight excluding hydrogens is 422 g/mol. The first-order chi connectivity index (χ1) is 16.6. The molecule has 5 nitrogen and oxygen atoms in total. The van der Waals surface area contributed by atoms with Crippen molar-refractivity contribution in [3.8, 4) is 11.4 Å².